The van der Waals surface area contributed by atoms with Crippen molar-refractivity contribution in [3.63, 3.8) is 0 Å². The summed E-state index contributed by atoms with van der Waals surface area (Å²) in [4.78, 5) is 34.7. The van der Waals surface area contributed by atoms with Crippen LogP contribution in [0.4, 0.5) is 5.69 Å². The van der Waals surface area contributed by atoms with E-state index in [0.29, 0.717) is 37.8 Å². The number of carbonyl (C=O) groups is 1. The van der Waals surface area contributed by atoms with Crippen LogP contribution < -0.4 is 34.0 Å². The first-order chi connectivity index (χ1) is 19.7. The van der Waals surface area contributed by atoms with Crippen molar-refractivity contribution in [1.29, 1.82) is 0 Å². The van der Waals surface area contributed by atoms with Gasteiger partial charge >= 0.3 is 5.97 Å². The summed E-state index contributed by atoms with van der Waals surface area (Å²) in [6.45, 7) is 9.53. The van der Waals surface area contributed by atoms with Crippen molar-refractivity contribution in [2.24, 2.45) is 4.99 Å². The van der Waals surface area contributed by atoms with Gasteiger partial charge in [0.25, 0.3) is 5.56 Å². The van der Waals surface area contributed by atoms with Crippen LogP contribution in [0.1, 0.15) is 44.9 Å². The highest BCUT2D eigenvalue weighted by Gasteiger charge is 2.35. The van der Waals surface area contributed by atoms with E-state index in [0.717, 1.165) is 28.8 Å². The Morgan fingerprint density at radius 1 is 1.07 bits per heavy atom. The number of carbonyl (C=O) groups excluding carboxylic acids is 1. The molecule has 0 spiro atoms. The van der Waals surface area contributed by atoms with Crippen molar-refractivity contribution >= 4 is 45.0 Å². The van der Waals surface area contributed by atoms with Gasteiger partial charge in [0.15, 0.2) is 4.80 Å². The van der Waals surface area contributed by atoms with Crippen LogP contribution in [0.5, 0.6) is 17.2 Å². The van der Waals surface area contributed by atoms with Crippen LogP contribution in [0.25, 0.3) is 6.08 Å². The molecule has 0 fully saturated rings. The molecule has 2 heterocycles. The number of esters is 1. The molecule has 4 rings (SSSR count). The number of fused-ring (bicyclic) bond motifs is 1. The molecule has 0 saturated carbocycles. The molecule has 218 valence electrons. The first-order valence-corrected chi connectivity index (χ1v) is 14.9. The van der Waals surface area contributed by atoms with Crippen LogP contribution in [0.3, 0.4) is 0 Å². The SMILES string of the molecule is CCOC(=O)C1=C(C)N=c2s/c(=C\c3cc(Br)c(N(CC)CC)cc3OC)c(=O)n2C1c1cc(OC)ccc1OC. The second kappa shape index (κ2) is 12.9. The maximum absolute atomic E-state index is 14.1. The fourth-order valence-corrected chi connectivity index (χ4v) is 6.58. The normalized spacial score (nSPS) is 14.8. The highest BCUT2D eigenvalue weighted by molar-refractivity contribution is 9.10. The van der Waals surface area contributed by atoms with Gasteiger partial charge in [0.1, 0.15) is 23.3 Å². The second-order valence-corrected chi connectivity index (χ2v) is 11.0. The molecule has 0 amide bonds. The van der Waals surface area contributed by atoms with E-state index in [9.17, 15) is 9.59 Å². The minimum atomic E-state index is -0.837. The summed E-state index contributed by atoms with van der Waals surface area (Å²) in [5, 5.41) is 0. The molecular weight excluding hydrogens is 610 g/mol. The van der Waals surface area contributed by atoms with E-state index in [1.807, 2.05) is 12.1 Å². The smallest absolute Gasteiger partial charge is 0.338 e. The summed E-state index contributed by atoms with van der Waals surface area (Å²) in [5.41, 5.74) is 2.75. The predicted octanol–water partition coefficient (Wildman–Crippen LogP) is 4.43. The van der Waals surface area contributed by atoms with Gasteiger partial charge in [-0.3, -0.25) is 9.36 Å². The largest absolute Gasteiger partial charge is 0.497 e. The highest BCUT2D eigenvalue weighted by atomic mass is 79.9. The number of hydrogen-bond donors (Lipinski definition) is 0. The second-order valence-electron chi connectivity index (χ2n) is 9.13. The number of anilines is 1. The van der Waals surface area contributed by atoms with Crippen LogP contribution >= 0.6 is 27.3 Å². The highest BCUT2D eigenvalue weighted by Crippen LogP contribution is 2.38. The topological polar surface area (TPSA) is 91.6 Å². The Kier molecular flexibility index (Phi) is 9.60. The Balaban J connectivity index is 1.99. The van der Waals surface area contributed by atoms with Crippen molar-refractivity contribution in [1.82, 2.24) is 4.57 Å². The summed E-state index contributed by atoms with van der Waals surface area (Å²) in [6.07, 6.45) is 1.79. The molecule has 1 aliphatic heterocycles. The van der Waals surface area contributed by atoms with Gasteiger partial charge in [-0.2, -0.15) is 0 Å². The quantitative estimate of drug-likeness (QED) is 0.302. The molecule has 9 nitrogen and oxygen atoms in total. The average molecular weight is 645 g/mol. The predicted molar refractivity (Wildman–Crippen MR) is 164 cm³/mol. The van der Waals surface area contributed by atoms with Gasteiger partial charge in [-0.25, -0.2) is 9.79 Å². The number of hydrogen-bond acceptors (Lipinski definition) is 9. The minimum Gasteiger partial charge on any atom is -0.497 e. The van der Waals surface area contributed by atoms with E-state index in [4.69, 9.17) is 18.9 Å². The third kappa shape index (κ3) is 5.78. The Bertz CT molecular complexity index is 1670. The van der Waals surface area contributed by atoms with Gasteiger partial charge in [-0.1, -0.05) is 11.3 Å². The Morgan fingerprint density at radius 2 is 1.78 bits per heavy atom. The molecule has 0 aliphatic carbocycles. The molecule has 1 unspecified atom stereocenters. The van der Waals surface area contributed by atoms with Gasteiger partial charge in [-0.15, -0.1) is 0 Å². The van der Waals surface area contributed by atoms with Crippen molar-refractivity contribution in [2.75, 3.05) is 45.9 Å². The zero-order valence-corrected chi connectivity index (χ0v) is 26.6. The number of benzene rings is 2. The van der Waals surface area contributed by atoms with Crippen molar-refractivity contribution < 1.29 is 23.7 Å². The number of rotatable bonds is 10. The molecule has 0 radical (unpaired) electrons. The van der Waals surface area contributed by atoms with Crippen LogP contribution in [-0.2, 0) is 9.53 Å². The van der Waals surface area contributed by atoms with Gasteiger partial charge in [0, 0.05) is 34.8 Å². The molecule has 41 heavy (non-hydrogen) atoms. The fourth-order valence-electron chi connectivity index (χ4n) is 4.93. The van der Waals surface area contributed by atoms with Gasteiger partial charge in [-0.05, 0) is 74.0 Å². The monoisotopic (exact) mass is 643 g/mol. The Morgan fingerprint density at radius 3 is 2.39 bits per heavy atom. The first kappa shape index (κ1) is 30.4. The van der Waals surface area contributed by atoms with E-state index in [1.54, 1.807) is 59.5 Å². The van der Waals surface area contributed by atoms with Crippen molar-refractivity contribution in [3.8, 4) is 17.2 Å². The molecule has 1 atom stereocenters. The number of ether oxygens (including phenoxy) is 4. The Labute approximate surface area is 251 Å². The summed E-state index contributed by atoms with van der Waals surface area (Å²) in [6, 6.07) is 8.36. The summed E-state index contributed by atoms with van der Waals surface area (Å²) >= 11 is 4.94. The number of allylic oxidation sites excluding steroid dienone is 1. The van der Waals surface area contributed by atoms with E-state index < -0.39 is 12.0 Å². The maximum Gasteiger partial charge on any atom is 0.338 e. The minimum absolute atomic E-state index is 0.181. The fraction of sp³-hybridized carbons (Fsp3) is 0.367. The van der Waals surface area contributed by atoms with Crippen LogP contribution in [0.15, 0.2) is 55.9 Å². The molecule has 0 bridgehead atoms. The average Bonchev–Trinajstić information content (AvgIpc) is 3.27. The molecule has 11 heteroatoms. The third-order valence-electron chi connectivity index (χ3n) is 6.94. The van der Waals surface area contributed by atoms with Crippen LogP contribution in [0, 0.1) is 0 Å². The lowest BCUT2D eigenvalue weighted by molar-refractivity contribution is -0.139. The molecule has 1 aliphatic rings. The molecule has 2 aromatic carbocycles. The van der Waals surface area contributed by atoms with E-state index >= 15 is 0 Å². The van der Waals surface area contributed by atoms with Crippen molar-refractivity contribution in [3.05, 3.63) is 76.9 Å². The number of thiazole rings is 1. The van der Waals surface area contributed by atoms with E-state index in [-0.39, 0.29) is 17.7 Å². The maximum atomic E-state index is 14.1. The van der Waals surface area contributed by atoms with E-state index in [1.165, 1.54) is 15.9 Å². The molecule has 1 aromatic heterocycles. The van der Waals surface area contributed by atoms with Crippen LogP contribution in [0.2, 0.25) is 0 Å². The van der Waals surface area contributed by atoms with E-state index in [2.05, 4.69) is 39.7 Å². The number of nitrogens with zero attached hydrogens (tertiary/aromatic N) is 3. The lowest BCUT2D eigenvalue weighted by Gasteiger charge is -2.26. The third-order valence-corrected chi connectivity index (χ3v) is 8.56. The Hall–Kier alpha value is -3.57. The number of aromatic nitrogens is 1. The zero-order valence-electron chi connectivity index (χ0n) is 24.2. The summed E-state index contributed by atoms with van der Waals surface area (Å²) < 4.78 is 25.1. The molecule has 0 saturated heterocycles. The molecule has 0 N–H and O–H groups in total. The molecular formula is C30H34BrN3O6S. The lowest BCUT2D eigenvalue weighted by atomic mass is 9.94. The number of methoxy groups -OCH3 is 3. The van der Waals surface area contributed by atoms with Crippen LogP contribution in [-0.4, -0.2) is 51.6 Å². The van der Waals surface area contributed by atoms with Gasteiger partial charge in [0.2, 0.25) is 0 Å². The lowest BCUT2D eigenvalue weighted by Crippen LogP contribution is -2.40. The first-order valence-electron chi connectivity index (χ1n) is 13.3. The molecule has 3 aromatic rings. The number of halogens is 1. The van der Waals surface area contributed by atoms with Crippen molar-refractivity contribution in [2.45, 2.75) is 33.7 Å². The summed E-state index contributed by atoms with van der Waals surface area (Å²) in [5.74, 6) is 1.15. The van der Waals surface area contributed by atoms with Gasteiger partial charge in [0.05, 0.1) is 49.4 Å². The summed E-state index contributed by atoms with van der Waals surface area (Å²) in [7, 11) is 4.71. The zero-order chi connectivity index (χ0) is 29.8. The standard InChI is InChI=1S/C30H34BrN3O6S/c1-8-33(9-2)22-16-24(39-7)18(13-21(22)31)14-25-28(35)34-27(20-15-19(37-5)11-12-23(20)38-6)26(29(36)40-10-3)17(4)32-30(34)41-25/h11-16,27H,8-10H2,1-7H3/b25-14-. The van der Waals surface area contributed by atoms with Gasteiger partial charge < -0.3 is 23.8 Å².